The van der Waals surface area contributed by atoms with E-state index in [0.717, 1.165) is 6.42 Å². The fourth-order valence-corrected chi connectivity index (χ4v) is 0.832. The van der Waals surface area contributed by atoms with Crippen molar-refractivity contribution in [1.82, 2.24) is 0 Å². The zero-order valence-electron chi connectivity index (χ0n) is 8.62. The van der Waals surface area contributed by atoms with Gasteiger partial charge in [0.25, 0.3) is 0 Å². The van der Waals surface area contributed by atoms with Gasteiger partial charge in [-0.1, -0.05) is 25.2 Å². The normalized spacial score (nSPS) is 11.4. The highest BCUT2D eigenvalue weighted by molar-refractivity contribution is 5.92. The molecule has 0 heterocycles. The summed E-state index contributed by atoms with van der Waals surface area (Å²) in [6.07, 6.45) is 7.02. The second-order valence-corrected chi connectivity index (χ2v) is 2.57. The monoisotopic (exact) mass is 193 g/mol. The number of esters is 1. The van der Waals surface area contributed by atoms with Gasteiger partial charge in [0.1, 0.15) is 11.6 Å². The number of nitrogens with zero attached hydrogens (tertiary/aromatic N) is 1. The first-order valence-corrected chi connectivity index (χ1v) is 4.68. The first-order chi connectivity index (χ1) is 6.76. The lowest BCUT2D eigenvalue weighted by atomic mass is 10.2. The van der Waals surface area contributed by atoms with Crippen molar-refractivity contribution in [3.05, 3.63) is 23.8 Å². The average molecular weight is 193 g/mol. The molecule has 0 saturated carbocycles. The van der Waals surface area contributed by atoms with E-state index in [1.165, 1.54) is 0 Å². The first-order valence-electron chi connectivity index (χ1n) is 4.68. The molecule has 0 spiro atoms. The van der Waals surface area contributed by atoms with Gasteiger partial charge in [0.05, 0.1) is 6.61 Å². The SMILES string of the molecule is CC/C=C/C/C=C(\C#N)C(=O)OCC. The van der Waals surface area contributed by atoms with E-state index >= 15 is 0 Å². The van der Waals surface area contributed by atoms with Crippen LogP contribution in [0.25, 0.3) is 0 Å². The average Bonchev–Trinajstić information content (AvgIpc) is 2.18. The van der Waals surface area contributed by atoms with Crippen LogP contribution in [0.1, 0.15) is 26.7 Å². The standard InChI is InChI=1S/C11H15NO2/c1-3-5-6-7-8-10(9-12)11(13)14-4-2/h5-6,8H,3-4,7H2,1-2H3/b6-5+,10-8+. The molecular weight excluding hydrogens is 178 g/mol. The molecule has 0 bridgehead atoms. The minimum Gasteiger partial charge on any atom is -0.462 e. The second-order valence-electron chi connectivity index (χ2n) is 2.57. The summed E-state index contributed by atoms with van der Waals surface area (Å²) in [5, 5.41) is 8.64. The topological polar surface area (TPSA) is 50.1 Å². The molecule has 0 amide bonds. The fraction of sp³-hybridized carbons (Fsp3) is 0.455. The highest BCUT2D eigenvalue weighted by Crippen LogP contribution is 2.00. The van der Waals surface area contributed by atoms with Gasteiger partial charge in [-0.2, -0.15) is 5.26 Å². The van der Waals surface area contributed by atoms with Crippen molar-refractivity contribution < 1.29 is 9.53 Å². The summed E-state index contributed by atoms with van der Waals surface area (Å²) in [5.41, 5.74) is 0.0765. The van der Waals surface area contributed by atoms with Crippen LogP contribution in [0.3, 0.4) is 0 Å². The van der Waals surface area contributed by atoms with Crippen LogP contribution in [-0.2, 0) is 9.53 Å². The fourth-order valence-electron chi connectivity index (χ4n) is 0.832. The molecule has 0 aliphatic rings. The largest absolute Gasteiger partial charge is 0.462 e. The van der Waals surface area contributed by atoms with Gasteiger partial charge in [0.15, 0.2) is 0 Å². The summed E-state index contributed by atoms with van der Waals surface area (Å²) in [5.74, 6) is -0.542. The van der Waals surface area contributed by atoms with Crippen molar-refractivity contribution in [2.24, 2.45) is 0 Å². The number of rotatable bonds is 5. The van der Waals surface area contributed by atoms with Gasteiger partial charge in [-0.05, 0) is 19.8 Å². The molecule has 3 heteroatoms. The number of carbonyl (C=O) groups is 1. The van der Waals surface area contributed by atoms with Crippen molar-refractivity contribution in [3.8, 4) is 6.07 Å². The summed E-state index contributed by atoms with van der Waals surface area (Å²) in [6.45, 7) is 4.03. The van der Waals surface area contributed by atoms with Crippen LogP contribution in [0.4, 0.5) is 0 Å². The Morgan fingerprint density at radius 1 is 1.43 bits per heavy atom. The molecule has 0 aliphatic carbocycles. The van der Waals surface area contributed by atoms with Gasteiger partial charge in [0.2, 0.25) is 0 Å². The quantitative estimate of drug-likeness (QED) is 0.291. The molecule has 76 valence electrons. The lowest BCUT2D eigenvalue weighted by Gasteiger charge is -1.97. The number of carbonyl (C=O) groups excluding carboxylic acids is 1. The number of hydrogen-bond acceptors (Lipinski definition) is 3. The van der Waals surface area contributed by atoms with E-state index in [-0.39, 0.29) is 5.57 Å². The third kappa shape index (κ3) is 5.15. The van der Waals surface area contributed by atoms with E-state index in [9.17, 15) is 4.79 Å². The molecule has 0 unspecified atom stereocenters. The molecule has 14 heavy (non-hydrogen) atoms. The van der Waals surface area contributed by atoms with Crippen LogP contribution in [-0.4, -0.2) is 12.6 Å². The van der Waals surface area contributed by atoms with Crippen molar-refractivity contribution >= 4 is 5.97 Å². The molecule has 0 aromatic heterocycles. The van der Waals surface area contributed by atoms with E-state index in [0.29, 0.717) is 13.0 Å². The van der Waals surface area contributed by atoms with Crippen molar-refractivity contribution in [1.29, 1.82) is 5.26 Å². The highest BCUT2D eigenvalue weighted by Gasteiger charge is 2.07. The number of nitriles is 1. The van der Waals surface area contributed by atoms with Crippen LogP contribution in [0, 0.1) is 11.3 Å². The predicted octanol–water partition coefficient (Wildman–Crippen LogP) is 2.36. The van der Waals surface area contributed by atoms with Crippen molar-refractivity contribution in [3.63, 3.8) is 0 Å². The maximum Gasteiger partial charge on any atom is 0.348 e. The number of ether oxygens (including phenoxy) is 1. The van der Waals surface area contributed by atoms with Gasteiger partial charge in [-0.3, -0.25) is 0 Å². The third-order valence-electron chi connectivity index (χ3n) is 1.48. The highest BCUT2D eigenvalue weighted by atomic mass is 16.5. The van der Waals surface area contributed by atoms with Crippen LogP contribution in [0.5, 0.6) is 0 Å². The van der Waals surface area contributed by atoms with Crippen LogP contribution < -0.4 is 0 Å². The summed E-state index contributed by atoms with van der Waals surface area (Å²) in [4.78, 5) is 11.1. The summed E-state index contributed by atoms with van der Waals surface area (Å²) >= 11 is 0. The smallest absolute Gasteiger partial charge is 0.348 e. The molecule has 0 atom stereocenters. The van der Waals surface area contributed by atoms with Crippen LogP contribution in [0.15, 0.2) is 23.8 Å². The minimum atomic E-state index is -0.542. The number of allylic oxidation sites excluding steroid dienone is 3. The van der Waals surface area contributed by atoms with E-state index in [2.05, 4.69) is 0 Å². The van der Waals surface area contributed by atoms with E-state index in [1.54, 1.807) is 13.0 Å². The molecule has 3 nitrogen and oxygen atoms in total. The van der Waals surface area contributed by atoms with Crippen LogP contribution in [0.2, 0.25) is 0 Å². The minimum absolute atomic E-state index is 0.0765. The molecule has 0 radical (unpaired) electrons. The van der Waals surface area contributed by atoms with Crippen LogP contribution >= 0.6 is 0 Å². The van der Waals surface area contributed by atoms with Gasteiger partial charge >= 0.3 is 5.97 Å². The Hall–Kier alpha value is -1.56. The maximum absolute atomic E-state index is 11.1. The Balaban J connectivity index is 4.20. The van der Waals surface area contributed by atoms with Gasteiger partial charge in [0, 0.05) is 0 Å². The molecule has 0 aromatic carbocycles. The van der Waals surface area contributed by atoms with Gasteiger partial charge < -0.3 is 4.74 Å². The Kier molecular flexibility index (Phi) is 7.16. The lowest BCUT2D eigenvalue weighted by Crippen LogP contribution is -2.05. The molecule has 0 saturated heterocycles. The molecular formula is C11H15NO2. The third-order valence-corrected chi connectivity index (χ3v) is 1.48. The molecule has 0 rings (SSSR count). The Morgan fingerprint density at radius 3 is 2.64 bits per heavy atom. The molecule has 0 aromatic rings. The van der Waals surface area contributed by atoms with Gasteiger partial charge in [-0.25, -0.2) is 4.79 Å². The van der Waals surface area contributed by atoms with E-state index in [4.69, 9.17) is 10.00 Å². The Bertz CT molecular complexity index is 272. The zero-order valence-corrected chi connectivity index (χ0v) is 8.62. The molecule has 0 aliphatic heterocycles. The lowest BCUT2D eigenvalue weighted by molar-refractivity contribution is -0.138. The summed E-state index contributed by atoms with van der Waals surface area (Å²) < 4.78 is 4.70. The van der Waals surface area contributed by atoms with Gasteiger partial charge in [-0.15, -0.1) is 0 Å². The number of hydrogen-bond donors (Lipinski definition) is 0. The maximum atomic E-state index is 11.1. The van der Waals surface area contributed by atoms with Crippen molar-refractivity contribution in [2.45, 2.75) is 26.7 Å². The summed E-state index contributed by atoms with van der Waals surface area (Å²) in [7, 11) is 0. The predicted molar refractivity (Wildman–Crippen MR) is 54.4 cm³/mol. The molecule has 0 N–H and O–H groups in total. The summed E-state index contributed by atoms with van der Waals surface area (Å²) in [6, 6.07) is 1.82. The Morgan fingerprint density at radius 2 is 2.14 bits per heavy atom. The zero-order chi connectivity index (χ0) is 10.8. The van der Waals surface area contributed by atoms with E-state index in [1.807, 2.05) is 25.1 Å². The first kappa shape index (κ1) is 12.4. The van der Waals surface area contributed by atoms with Crippen molar-refractivity contribution in [2.75, 3.05) is 6.61 Å². The Labute approximate surface area is 84.7 Å². The molecule has 0 fully saturated rings. The second kappa shape index (κ2) is 8.06. The van der Waals surface area contributed by atoms with E-state index < -0.39 is 5.97 Å².